The number of hydrogen-bond acceptors (Lipinski definition) is 5. The summed E-state index contributed by atoms with van der Waals surface area (Å²) in [7, 11) is 2.02. The number of thiazole rings is 1. The van der Waals surface area contributed by atoms with Crippen molar-refractivity contribution in [2.24, 2.45) is 7.05 Å². The van der Waals surface area contributed by atoms with E-state index in [4.69, 9.17) is 0 Å². The molecule has 0 atom stereocenters. The summed E-state index contributed by atoms with van der Waals surface area (Å²) in [5.74, 6) is 0.894. The molecular formula is C20H19N5OS. The Balaban J connectivity index is 1.58. The topological polar surface area (TPSA) is 71.8 Å². The normalized spacial score (nSPS) is 10.9. The molecule has 0 aliphatic heterocycles. The fourth-order valence-electron chi connectivity index (χ4n) is 2.94. The predicted molar refractivity (Wildman–Crippen MR) is 111 cm³/mol. The van der Waals surface area contributed by atoms with Crippen LogP contribution in [0.5, 0.6) is 0 Å². The number of nitrogens with one attached hydrogen (secondary N) is 2. The number of anilines is 3. The molecule has 1 amide bonds. The van der Waals surface area contributed by atoms with Crippen LogP contribution >= 0.6 is 11.3 Å². The fraction of sp³-hybridized carbons (Fsp3) is 0.150. The number of amides is 1. The van der Waals surface area contributed by atoms with E-state index in [1.807, 2.05) is 43.6 Å². The molecule has 4 rings (SSSR count). The van der Waals surface area contributed by atoms with Crippen LogP contribution in [-0.4, -0.2) is 20.4 Å². The molecule has 0 aliphatic rings. The van der Waals surface area contributed by atoms with E-state index in [2.05, 4.69) is 43.4 Å². The zero-order chi connectivity index (χ0) is 19.0. The number of fused-ring (bicyclic) bond motifs is 1. The van der Waals surface area contributed by atoms with Crippen molar-refractivity contribution in [3.8, 4) is 11.3 Å². The monoisotopic (exact) mass is 377 g/mol. The van der Waals surface area contributed by atoms with Gasteiger partial charge in [0.1, 0.15) is 5.82 Å². The molecule has 0 bridgehead atoms. The Morgan fingerprint density at radius 2 is 1.93 bits per heavy atom. The van der Waals surface area contributed by atoms with Crippen LogP contribution < -0.4 is 10.6 Å². The lowest BCUT2D eigenvalue weighted by atomic mass is 10.1. The number of benzene rings is 2. The molecule has 2 aromatic heterocycles. The fourth-order valence-corrected chi connectivity index (χ4v) is 3.68. The molecule has 27 heavy (non-hydrogen) atoms. The highest BCUT2D eigenvalue weighted by atomic mass is 32.1. The molecule has 0 saturated heterocycles. The van der Waals surface area contributed by atoms with Gasteiger partial charge in [-0.3, -0.25) is 4.79 Å². The molecule has 2 heterocycles. The van der Waals surface area contributed by atoms with E-state index >= 15 is 0 Å². The van der Waals surface area contributed by atoms with E-state index in [1.54, 1.807) is 0 Å². The zero-order valence-electron chi connectivity index (χ0n) is 15.3. The highest BCUT2D eigenvalue weighted by Gasteiger charge is 2.09. The van der Waals surface area contributed by atoms with Crippen molar-refractivity contribution in [2.75, 3.05) is 10.6 Å². The van der Waals surface area contributed by atoms with Gasteiger partial charge in [-0.05, 0) is 37.3 Å². The number of aromatic nitrogens is 3. The second kappa shape index (κ2) is 6.85. The lowest BCUT2D eigenvalue weighted by Gasteiger charge is -2.06. The third-order valence-electron chi connectivity index (χ3n) is 4.34. The summed E-state index contributed by atoms with van der Waals surface area (Å²) in [6.07, 6.45) is 0. The van der Waals surface area contributed by atoms with Gasteiger partial charge in [-0.25, -0.2) is 9.97 Å². The van der Waals surface area contributed by atoms with Crippen molar-refractivity contribution >= 4 is 44.8 Å². The Morgan fingerprint density at radius 3 is 2.74 bits per heavy atom. The first-order valence-corrected chi connectivity index (χ1v) is 9.41. The summed E-state index contributed by atoms with van der Waals surface area (Å²) in [6, 6.07) is 13.8. The van der Waals surface area contributed by atoms with Crippen molar-refractivity contribution in [3.63, 3.8) is 0 Å². The van der Waals surface area contributed by atoms with E-state index in [-0.39, 0.29) is 5.91 Å². The van der Waals surface area contributed by atoms with E-state index in [0.29, 0.717) is 0 Å². The standard InChI is InChI=1S/C20H19N5OS/c1-12-21-17-9-14(7-8-19(17)25(12)3)18-11-27-20(24-18)23-16-6-4-5-15(10-16)22-13(2)26/h4-11H,1-3H3,(H,22,26)(H,23,24). The molecule has 6 nitrogen and oxygen atoms in total. The first-order chi connectivity index (χ1) is 13.0. The molecule has 136 valence electrons. The van der Waals surface area contributed by atoms with Crippen LogP contribution in [0.25, 0.3) is 22.3 Å². The second-order valence-electron chi connectivity index (χ2n) is 6.35. The van der Waals surface area contributed by atoms with E-state index in [0.717, 1.165) is 44.6 Å². The lowest BCUT2D eigenvalue weighted by Crippen LogP contribution is -2.05. The van der Waals surface area contributed by atoms with Crippen LogP contribution in [0.1, 0.15) is 12.7 Å². The van der Waals surface area contributed by atoms with Crippen LogP contribution in [-0.2, 0) is 11.8 Å². The number of imidazole rings is 1. The van der Waals surface area contributed by atoms with Crippen molar-refractivity contribution in [1.29, 1.82) is 0 Å². The molecule has 0 aliphatic carbocycles. The zero-order valence-corrected chi connectivity index (χ0v) is 16.1. The van der Waals surface area contributed by atoms with E-state index in [1.165, 1.54) is 18.3 Å². The Morgan fingerprint density at radius 1 is 1.11 bits per heavy atom. The van der Waals surface area contributed by atoms with Gasteiger partial charge >= 0.3 is 0 Å². The van der Waals surface area contributed by atoms with Crippen molar-refractivity contribution < 1.29 is 4.79 Å². The van der Waals surface area contributed by atoms with Gasteiger partial charge in [0, 0.05) is 36.3 Å². The third kappa shape index (κ3) is 3.54. The predicted octanol–water partition coefficient (Wildman–Crippen LogP) is 4.71. The number of carbonyl (C=O) groups is 1. The molecule has 0 unspecified atom stereocenters. The second-order valence-corrected chi connectivity index (χ2v) is 7.20. The summed E-state index contributed by atoms with van der Waals surface area (Å²) >= 11 is 1.54. The first kappa shape index (κ1) is 17.2. The Hall–Kier alpha value is -3.19. The van der Waals surface area contributed by atoms with Gasteiger partial charge in [-0.2, -0.15) is 0 Å². The molecule has 2 N–H and O–H groups in total. The maximum absolute atomic E-state index is 11.2. The Kier molecular flexibility index (Phi) is 4.37. The molecule has 4 aromatic rings. The van der Waals surface area contributed by atoms with Gasteiger partial charge < -0.3 is 15.2 Å². The largest absolute Gasteiger partial charge is 0.331 e. The van der Waals surface area contributed by atoms with Crippen LogP contribution in [0.3, 0.4) is 0 Å². The Bertz CT molecular complexity index is 1140. The highest BCUT2D eigenvalue weighted by Crippen LogP contribution is 2.29. The van der Waals surface area contributed by atoms with Crippen LogP contribution in [0.4, 0.5) is 16.5 Å². The van der Waals surface area contributed by atoms with Crippen molar-refractivity contribution in [2.45, 2.75) is 13.8 Å². The van der Waals surface area contributed by atoms with E-state index < -0.39 is 0 Å². The van der Waals surface area contributed by atoms with Crippen LogP contribution in [0, 0.1) is 6.92 Å². The number of rotatable bonds is 4. The average molecular weight is 377 g/mol. The third-order valence-corrected chi connectivity index (χ3v) is 5.10. The summed E-state index contributed by atoms with van der Waals surface area (Å²) in [6.45, 7) is 3.49. The Labute approximate surface area is 160 Å². The highest BCUT2D eigenvalue weighted by molar-refractivity contribution is 7.14. The molecule has 0 radical (unpaired) electrons. The number of carbonyl (C=O) groups excluding carboxylic acids is 1. The van der Waals surface area contributed by atoms with Crippen molar-refractivity contribution in [3.05, 3.63) is 53.7 Å². The lowest BCUT2D eigenvalue weighted by molar-refractivity contribution is -0.114. The SMILES string of the molecule is CC(=O)Nc1cccc(Nc2nc(-c3ccc4c(c3)nc(C)n4C)cs2)c1. The van der Waals surface area contributed by atoms with Gasteiger partial charge in [0.2, 0.25) is 5.91 Å². The quantitative estimate of drug-likeness (QED) is 0.540. The van der Waals surface area contributed by atoms with Gasteiger partial charge in [-0.1, -0.05) is 12.1 Å². The van der Waals surface area contributed by atoms with Crippen LogP contribution in [0.15, 0.2) is 47.8 Å². The van der Waals surface area contributed by atoms with Gasteiger partial charge in [0.05, 0.1) is 16.7 Å². The molecule has 0 fully saturated rings. The molecule has 0 saturated carbocycles. The van der Waals surface area contributed by atoms with Gasteiger partial charge in [0.15, 0.2) is 5.13 Å². The average Bonchev–Trinajstić information content (AvgIpc) is 3.19. The minimum atomic E-state index is -0.0937. The molecule has 7 heteroatoms. The minimum absolute atomic E-state index is 0.0937. The summed E-state index contributed by atoms with van der Waals surface area (Å²) < 4.78 is 2.08. The van der Waals surface area contributed by atoms with Crippen LogP contribution in [0.2, 0.25) is 0 Å². The molecule has 2 aromatic carbocycles. The smallest absolute Gasteiger partial charge is 0.221 e. The number of hydrogen-bond donors (Lipinski definition) is 2. The van der Waals surface area contributed by atoms with Gasteiger partial charge in [0.25, 0.3) is 0 Å². The van der Waals surface area contributed by atoms with Gasteiger partial charge in [-0.15, -0.1) is 11.3 Å². The maximum atomic E-state index is 11.2. The maximum Gasteiger partial charge on any atom is 0.221 e. The minimum Gasteiger partial charge on any atom is -0.331 e. The molecular weight excluding hydrogens is 358 g/mol. The first-order valence-electron chi connectivity index (χ1n) is 8.53. The number of nitrogens with zero attached hydrogens (tertiary/aromatic N) is 3. The van der Waals surface area contributed by atoms with E-state index in [9.17, 15) is 4.79 Å². The summed E-state index contributed by atoms with van der Waals surface area (Å²) in [4.78, 5) is 20.5. The molecule has 0 spiro atoms. The summed E-state index contributed by atoms with van der Waals surface area (Å²) in [5, 5.41) is 8.89. The summed E-state index contributed by atoms with van der Waals surface area (Å²) in [5.41, 5.74) is 5.65. The van der Waals surface area contributed by atoms with Crippen molar-refractivity contribution in [1.82, 2.24) is 14.5 Å². The number of aryl methyl sites for hydroxylation is 2.